The second-order valence-corrected chi connectivity index (χ2v) is 32.7. The van der Waals surface area contributed by atoms with E-state index in [1.54, 1.807) is 28.4 Å². The number of alkyl halides is 3. The minimum atomic E-state index is -5.99. The number of aliphatic hydroxyl groups excluding tert-OH is 1. The van der Waals surface area contributed by atoms with Crippen LogP contribution in [0.3, 0.4) is 0 Å². The zero-order valence-corrected chi connectivity index (χ0v) is 62.5. The second kappa shape index (κ2) is 36.5. The lowest BCUT2D eigenvalue weighted by Crippen LogP contribution is -2.48. The van der Waals surface area contributed by atoms with E-state index >= 15 is 0 Å². The summed E-state index contributed by atoms with van der Waals surface area (Å²) in [4.78, 5) is 81.5. The summed E-state index contributed by atoms with van der Waals surface area (Å²) in [7, 11) is -10.9. The molecule has 4 aromatic carbocycles. The average Bonchev–Trinajstić information content (AvgIpc) is 1.52. The number of sulfone groups is 1. The molecule has 3 fully saturated rings. The molecule has 5 heterocycles. The molecule has 0 unspecified atom stereocenters. The molecule has 9 rings (SSSR count). The Bertz CT molecular complexity index is 3980. The van der Waals surface area contributed by atoms with Crippen molar-refractivity contribution < 1.29 is 82.8 Å². The predicted octanol–water partition coefficient (Wildman–Crippen LogP) is 10.3. The van der Waals surface area contributed by atoms with Crippen LogP contribution in [0.5, 0.6) is 0 Å². The van der Waals surface area contributed by atoms with Crippen molar-refractivity contribution in [1.29, 1.82) is 0 Å². The van der Waals surface area contributed by atoms with Gasteiger partial charge in [0.15, 0.2) is 11.6 Å². The summed E-state index contributed by atoms with van der Waals surface area (Å²) >= 11 is 7.85. The highest BCUT2D eigenvalue weighted by Crippen LogP contribution is 2.38. The first-order valence-electron chi connectivity index (χ1n) is 35.0. The third-order valence-corrected chi connectivity index (χ3v) is 23.7. The Morgan fingerprint density at radius 1 is 0.796 bits per heavy atom. The molecule has 29 heteroatoms. The lowest BCUT2D eigenvalue weighted by Gasteiger charge is -2.38. The Morgan fingerprint density at radius 3 is 2.08 bits per heavy atom. The number of aromatic nitrogens is 1. The number of ketones is 2. The summed E-state index contributed by atoms with van der Waals surface area (Å²) in [5, 5.41) is 11.3. The maximum Gasteiger partial charge on any atom is 0.501 e. The highest BCUT2D eigenvalue weighted by molar-refractivity contribution is 7.92. The standard InChI is InChI=1S/C74H95ClF3N7O15S3/c1-7-52(22-24-81-30-32-96-33-31-81)41-57-16-21-63(44-68(57)102(92,93)74(76,77)78)103(94,95)80-70(89)56-14-19-60(20-15-56)83-28-26-82(27-29-83)45-58-46-84(25-23-64(58)54-12-17-59(75)18-13-54)72(91)100-39-38-98-35-34-97-36-37-99-48-62(87)42-65(73(4,5)6)71(90)85-47-61(86)43-66(85)67(88)40-50(2)53-8-10-55(11-9-53)69-51(3)79-49-101-69/h8-21,44,49-50,52,61,65-66,86H,7,22-43,45-48H2,1-6H3,(H,80,89)/t50-,52+,61-,65-,66+/m1/s1. The van der Waals surface area contributed by atoms with E-state index in [9.17, 15) is 59.1 Å². The summed E-state index contributed by atoms with van der Waals surface area (Å²) in [6.45, 7) is 18.9. The topological polar surface area (TPSA) is 261 Å². The van der Waals surface area contributed by atoms with Crippen LogP contribution in [0.25, 0.3) is 16.0 Å². The Hall–Kier alpha value is -6.70. The number of carbonyl (C=O) groups excluding carboxylic acids is 5. The first-order chi connectivity index (χ1) is 49.0. The van der Waals surface area contributed by atoms with Gasteiger partial charge in [-0.1, -0.05) is 95.1 Å². The number of morpholine rings is 1. The number of nitrogens with zero attached hydrogens (tertiary/aromatic N) is 6. The molecular weight excluding hydrogens is 1420 g/mol. The number of piperazine rings is 1. The number of benzene rings is 4. The first-order valence-corrected chi connectivity index (χ1v) is 39.3. The summed E-state index contributed by atoms with van der Waals surface area (Å²) in [6.07, 6.45) is 0.514. The molecule has 1 aromatic heterocycles. The minimum Gasteiger partial charge on any atom is -0.447 e. The molecule has 0 radical (unpaired) electrons. The molecule has 3 amide bonds. The van der Waals surface area contributed by atoms with Crippen LogP contribution >= 0.6 is 22.9 Å². The number of carbonyl (C=O) groups is 5. The van der Waals surface area contributed by atoms with Crippen molar-refractivity contribution in [1.82, 2.24) is 29.3 Å². The van der Waals surface area contributed by atoms with Crippen LogP contribution < -0.4 is 9.62 Å². The highest BCUT2D eigenvalue weighted by atomic mass is 35.5. The van der Waals surface area contributed by atoms with Gasteiger partial charge in [0.05, 0.1) is 84.3 Å². The van der Waals surface area contributed by atoms with Crippen molar-refractivity contribution in [3.8, 4) is 10.4 Å². The van der Waals surface area contributed by atoms with Crippen molar-refractivity contribution in [2.75, 3.05) is 136 Å². The Kier molecular flexibility index (Phi) is 28.5. The van der Waals surface area contributed by atoms with Gasteiger partial charge in [-0.2, -0.15) is 13.2 Å². The average molecular weight is 1510 g/mol. The Balaban J connectivity index is 0.679. The molecule has 2 N–H and O–H groups in total. The van der Waals surface area contributed by atoms with Crippen LogP contribution in [-0.2, 0) is 64.3 Å². The van der Waals surface area contributed by atoms with Crippen molar-refractivity contribution >= 4 is 83.5 Å². The van der Waals surface area contributed by atoms with Gasteiger partial charge in [0.1, 0.15) is 13.2 Å². The first kappa shape index (κ1) is 80.4. The molecular formula is C74H95ClF3N7O15S3. The number of amides is 3. The van der Waals surface area contributed by atoms with Crippen LogP contribution in [-0.4, -0.2) is 225 Å². The zero-order chi connectivity index (χ0) is 74.2. The van der Waals surface area contributed by atoms with Gasteiger partial charge in [-0.3, -0.25) is 29.0 Å². The molecule has 0 spiro atoms. The van der Waals surface area contributed by atoms with E-state index in [4.69, 9.17) is 35.3 Å². The van der Waals surface area contributed by atoms with Gasteiger partial charge in [0, 0.05) is 107 Å². The van der Waals surface area contributed by atoms with Gasteiger partial charge < -0.3 is 43.5 Å². The summed E-state index contributed by atoms with van der Waals surface area (Å²) in [6, 6.07) is 23.6. The highest BCUT2D eigenvalue weighted by Gasteiger charge is 2.49. The molecule has 3 saturated heterocycles. The number of rotatable bonds is 33. The number of halogens is 4. The number of sulfonamides is 1. The van der Waals surface area contributed by atoms with Gasteiger partial charge >= 0.3 is 11.6 Å². The third kappa shape index (κ3) is 22.0. The van der Waals surface area contributed by atoms with Crippen molar-refractivity contribution in [2.24, 2.45) is 17.3 Å². The molecule has 0 bridgehead atoms. The van der Waals surface area contributed by atoms with Gasteiger partial charge in [0.25, 0.3) is 25.8 Å². The number of anilines is 1. The van der Waals surface area contributed by atoms with Crippen LogP contribution in [0, 0.1) is 24.2 Å². The quantitative estimate of drug-likeness (QED) is 0.0370. The summed E-state index contributed by atoms with van der Waals surface area (Å²) < 4.78 is 125. The summed E-state index contributed by atoms with van der Waals surface area (Å²) in [5.74, 6) is -2.90. The summed E-state index contributed by atoms with van der Waals surface area (Å²) in [5.41, 5.74) is 2.12. The lowest BCUT2D eigenvalue weighted by molar-refractivity contribution is -0.146. The van der Waals surface area contributed by atoms with E-state index in [1.165, 1.54) is 17.0 Å². The Morgan fingerprint density at radius 2 is 1.45 bits per heavy atom. The van der Waals surface area contributed by atoms with E-state index in [2.05, 4.69) is 19.7 Å². The number of β-amino-alcohol motifs (C(OH)–C–C–N with tert-alkyl or cyclic N) is 1. The van der Waals surface area contributed by atoms with E-state index in [0.717, 1.165) is 56.2 Å². The number of nitrogens with one attached hydrogen (secondary N) is 1. The van der Waals surface area contributed by atoms with Crippen molar-refractivity contribution in [3.05, 3.63) is 135 Å². The predicted molar refractivity (Wildman–Crippen MR) is 386 cm³/mol. The van der Waals surface area contributed by atoms with Crippen molar-refractivity contribution in [2.45, 2.75) is 120 Å². The smallest absolute Gasteiger partial charge is 0.447 e. The molecule has 22 nitrogen and oxygen atoms in total. The maximum absolute atomic E-state index is 14.2. The van der Waals surface area contributed by atoms with E-state index in [-0.39, 0.29) is 119 Å². The number of likely N-dealkylation sites (tertiary alicyclic amines) is 1. The molecule has 0 aliphatic carbocycles. The van der Waals surface area contributed by atoms with Crippen LogP contribution in [0.2, 0.25) is 5.02 Å². The van der Waals surface area contributed by atoms with Crippen LogP contribution in [0.15, 0.2) is 112 Å². The minimum absolute atomic E-state index is 0.00135. The van der Waals surface area contributed by atoms with Crippen LogP contribution in [0.4, 0.5) is 23.7 Å². The van der Waals surface area contributed by atoms with E-state index in [1.807, 2.05) is 100 Å². The molecule has 0 saturated carbocycles. The maximum atomic E-state index is 14.2. The van der Waals surface area contributed by atoms with Crippen LogP contribution in [0.1, 0.15) is 112 Å². The fraction of sp³-hybridized carbons (Fsp3) is 0.541. The van der Waals surface area contributed by atoms with Gasteiger partial charge in [-0.05, 0) is 132 Å². The van der Waals surface area contributed by atoms with Gasteiger partial charge in [0.2, 0.25) is 5.91 Å². The largest absolute Gasteiger partial charge is 0.501 e. The monoisotopic (exact) mass is 1510 g/mol. The molecule has 5 aromatic rings. The van der Waals surface area contributed by atoms with Gasteiger partial charge in [-0.25, -0.2) is 31.3 Å². The van der Waals surface area contributed by atoms with Gasteiger partial charge in [-0.15, -0.1) is 11.3 Å². The Labute approximate surface area is 611 Å². The molecule has 103 heavy (non-hydrogen) atoms. The third-order valence-electron chi connectivity index (χ3n) is 19.6. The fourth-order valence-electron chi connectivity index (χ4n) is 13.4. The number of ether oxygens (including phenoxy) is 5. The number of aliphatic hydroxyl groups is 1. The zero-order valence-electron chi connectivity index (χ0n) is 59.3. The van der Waals surface area contributed by atoms with E-state index < -0.39 is 70.6 Å². The number of aryl methyl sites for hydroxylation is 1. The number of Topliss-reactive ketones (excluding diaryl/α,β-unsaturated/α-hetero) is 2. The lowest BCUT2D eigenvalue weighted by atomic mass is 9.76. The fourth-order valence-corrected chi connectivity index (χ4v) is 16.5. The molecule has 5 atom stereocenters. The number of hydrogen-bond donors (Lipinski definition) is 2. The van der Waals surface area contributed by atoms with E-state index in [0.29, 0.717) is 109 Å². The number of thiazole rings is 1. The molecule has 4 aliphatic heterocycles. The number of hydrogen-bond acceptors (Lipinski definition) is 20. The molecule has 562 valence electrons. The van der Waals surface area contributed by atoms with Crippen molar-refractivity contribution in [3.63, 3.8) is 0 Å². The normalized spacial score (nSPS) is 18.4. The SMILES string of the molecule is CC[C@@H](CCN1CCOCC1)Cc1ccc(S(=O)(=O)NC(=O)c2ccc(N3CCN(CC4=C(c5ccc(Cl)cc5)CCN(C(=O)OCCOCCOCCOCC(=O)C[C@H](C(=O)N5C[C@H](O)C[C@H]5C(=O)C[C@@H](C)c5ccc(-c6scnc6C)cc5)C(C)(C)C)C4)CC3)cc2)cc1S(=O)(=O)C(F)(F)F. The second-order valence-electron chi connectivity index (χ2n) is 27.9. The molecule has 4 aliphatic rings.